The van der Waals surface area contributed by atoms with Crippen molar-refractivity contribution in [3.05, 3.63) is 23.8 Å². The van der Waals surface area contributed by atoms with Crippen molar-refractivity contribution in [2.45, 2.75) is 37.8 Å². The first-order valence-electron chi connectivity index (χ1n) is 6.25. The Labute approximate surface area is 102 Å². The van der Waals surface area contributed by atoms with Gasteiger partial charge in [-0.25, -0.2) is 0 Å². The van der Waals surface area contributed by atoms with Gasteiger partial charge in [0.2, 0.25) is 0 Å². The van der Waals surface area contributed by atoms with E-state index in [0.29, 0.717) is 5.92 Å². The summed E-state index contributed by atoms with van der Waals surface area (Å²) in [6, 6.07) is 5.96. The molecule has 1 aromatic carbocycles. The molecule has 17 heavy (non-hydrogen) atoms. The molecule has 0 radical (unpaired) electrons. The van der Waals surface area contributed by atoms with Crippen molar-refractivity contribution in [3.8, 4) is 11.5 Å². The summed E-state index contributed by atoms with van der Waals surface area (Å²) in [4.78, 5) is 0. The van der Waals surface area contributed by atoms with Crippen LogP contribution in [0.4, 0.5) is 0 Å². The minimum atomic E-state index is -0.0684. The van der Waals surface area contributed by atoms with Gasteiger partial charge in [-0.15, -0.1) is 0 Å². The second-order valence-electron chi connectivity index (χ2n) is 5.40. The molecule has 1 saturated carbocycles. The van der Waals surface area contributed by atoms with E-state index < -0.39 is 0 Å². The Kier molecular flexibility index (Phi) is 2.33. The van der Waals surface area contributed by atoms with Crippen molar-refractivity contribution in [2.75, 3.05) is 7.11 Å². The lowest BCUT2D eigenvalue weighted by atomic mass is 9.85. The molecule has 1 fully saturated rings. The first-order chi connectivity index (χ1) is 8.12. The molecule has 3 heteroatoms. The molecule has 2 aliphatic rings. The molecule has 0 bridgehead atoms. The van der Waals surface area contributed by atoms with E-state index in [2.05, 4.69) is 6.92 Å². The highest BCUT2D eigenvalue weighted by Crippen LogP contribution is 2.50. The number of fused-ring (bicyclic) bond motifs is 1. The molecule has 0 amide bonds. The molecule has 3 nitrogen and oxygen atoms in total. The van der Waals surface area contributed by atoms with Crippen LogP contribution in [0.1, 0.15) is 37.8 Å². The fourth-order valence-corrected chi connectivity index (χ4v) is 2.82. The number of methoxy groups -OCH3 is 1. The Morgan fingerprint density at radius 2 is 2.18 bits per heavy atom. The summed E-state index contributed by atoms with van der Waals surface area (Å²) in [7, 11) is 1.67. The zero-order chi connectivity index (χ0) is 12.0. The second-order valence-corrected chi connectivity index (χ2v) is 5.40. The predicted molar refractivity (Wildman–Crippen MR) is 66.3 cm³/mol. The number of hydrogen-bond donors (Lipinski definition) is 1. The molecule has 92 valence electrons. The van der Waals surface area contributed by atoms with E-state index in [9.17, 15) is 0 Å². The molecule has 2 atom stereocenters. The molecular weight excluding hydrogens is 214 g/mol. The van der Waals surface area contributed by atoms with Gasteiger partial charge in [0.25, 0.3) is 0 Å². The third-order valence-corrected chi connectivity index (χ3v) is 4.03. The molecule has 1 heterocycles. The molecule has 0 aromatic heterocycles. The van der Waals surface area contributed by atoms with Crippen LogP contribution < -0.4 is 15.2 Å². The van der Waals surface area contributed by atoms with E-state index in [0.717, 1.165) is 23.5 Å². The predicted octanol–water partition coefficient (Wildman–Crippen LogP) is 2.65. The summed E-state index contributed by atoms with van der Waals surface area (Å²) in [5, 5.41) is 0. The van der Waals surface area contributed by atoms with Crippen LogP contribution in [-0.2, 0) is 0 Å². The van der Waals surface area contributed by atoms with Gasteiger partial charge in [-0.2, -0.15) is 0 Å². The van der Waals surface area contributed by atoms with Gasteiger partial charge in [-0.3, -0.25) is 0 Å². The van der Waals surface area contributed by atoms with Crippen LogP contribution in [0.5, 0.6) is 11.5 Å². The number of benzene rings is 1. The third-order valence-electron chi connectivity index (χ3n) is 4.03. The van der Waals surface area contributed by atoms with Gasteiger partial charge in [0.1, 0.15) is 17.1 Å². The smallest absolute Gasteiger partial charge is 0.125 e. The summed E-state index contributed by atoms with van der Waals surface area (Å²) in [5.74, 6) is 2.46. The van der Waals surface area contributed by atoms with Gasteiger partial charge in [-0.05, 0) is 43.9 Å². The summed E-state index contributed by atoms with van der Waals surface area (Å²) in [5.41, 5.74) is 7.28. The van der Waals surface area contributed by atoms with E-state index in [-0.39, 0.29) is 11.6 Å². The van der Waals surface area contributed by atoms with Gasteiger partial charge in [0, 0.05) is 18.0 Å². The summed E-state index contributed by atoms with van der Waals surface area (Å²) >= 11 is 0. The highest BCUT2D eigenvalue weighted by molar-refractivity contribution is 5.44. The van der Waals surface area contributed by atoms with Crippen LogP contribution in [0.3, 0.4) is 0 Å². The molecule has 1 aromatic rings. The van der Waals surface area contributed by atoms with Crippen LogP contribution >= 0.6 is 0 Å². The molecule has 2 N–H and O–H groups in total. The average Bonchev–Trinajstić information content (AvgIpc) is 3.12. The van der Waals surface area contributed by atoms with E-state index in [1.54, 1.807) is 7.11 Å². The van der Waals surface area contributed by atoms with Crippen LogP contribution in [-0.4, -0.2) is 12.7 Å². The number of hydrogen-bond acceptors (Lipinski definition) is 3. The molecule has 1 aliphatic carbocycles. The van der Waals surface area contributed by atoms with E-state index in [1.807, 2.05) is 18.2 Å². The SMILES string of the molecule is COc1ccc2c(c1)[C@@H](N)CC(C)(C1CC1)O2. The Bertz CT molecular complexity index is 442. The molecular formula is C14H19NO2. The first kappa shape index (κ1) is 10.9. The van der Waals surface area contributed by atoms with Crippen molar-refractivity contribution in [2.24, 2.45) is 11.7 Å². The minimum absolute atomic E-state index is 0.0550. The molecule has 1 aliphatic heterocycles. The molecule has 3 rings (SSSR count). The maximum atomic E-state index is 6.28. The zero-order valence-corrected chi connectivity index (χ0v) is 10.4. The van der Waals surface area contributed by atoms with Gasteiger partial charge < -0.3 is 15.2 Å². The minimum Gasteiger partial charge on any atom is -0.497 e. The van der Waals surface area contributed by atoms with Crippen molar-refractivity contribution >= 4 is 0 Å². The standard InChI is InChI=1S/C14H19NO2/c1-14(9-3-4-9)8-12(15)11-7-10(16-2)5-6-13(11)17-14/h5-7,9,12H,3-4,8,15H2,1-2H3/t12-,14?/m0/s1. The Morgan fingerprint density at radius 1 is 1.41 bits per heavy atom. The topological polar surface area (TPSA) is 44.5 Å². The highest BCUT2D eigenvalue weighted by atomic mass is 16.5. The van der Waals surface area contributed by atoms with E-state index >= 15 is 0 Å². The molecule has 1 unspecified atom stereocenters. The number of ether oxygens (including phenoxy) is 2. The first-order valence-corrected chi connectivity index (χ1v) is 6.25. The summed E-state index contributed by atoms with van der Waals surface area (Å²) < 4.78 is 11.4. The highest BCUT2D eigenvalue weighted by Gasteiger charge is 2.47. The lowest BCUT2D eigenvalue weighted by molar-refractivity contribution is 0.0323. The zero-order valence-electron chi connectivity index (χ0n) is 10.4. The van der Waals surface area contributed by atoms with Gasteiger partial charge in [0.05, 0.1) is 7.11 Å². The normalized spacial score (nSPS) is 31.6. The van der Waals surface area contributed by atoms with Crippen molar-refractivity contribution in [1.29, 1.82) is 0 Å². The van der Waals surface area contributed by atoms with Crippen LogP contribution in [0.2, 0.25) is 0 Å². The van der Waals surface area contributed by atoms with Gasteiger partial charge in [-0.1, -0.05) is 0 Å². The fraction of sp³-hybridized carbons (Fsp3) is 0.571. The van der Waals surface area contributed by atoms with Crippen LogP contribution in [0, 0.1) is 5.92 Å². The third kappa shape index (κ3) is 1.78. The lowest BCUT2D eigenvalue weighted by Gasteiger charge is -2.39. The number of rotatable bonds is 2. The Morgan fingerprint density at radius 3 is 2.82 bits per heavy atom. The van der Waals surface area contributed by atoms with Crippen molar-refractivity contribution in [3.63, 3.8) is 0 Å². The lowest BCUT2D eigenvalue weighted by Crippen LogP contribution is -2.42. The molecule has 0 spiro atoms. The van der Waals surface area contributed by atoms with Crippen LogP contribution in [0.15, 0.2) is 18.2 Å². The van der Waals surface area contributed by atoms with E-state index in [1.165, 1.54) is 12.8 Å². The molecule has 0 saturated heterocycles. The fourth-order valence-electron chi connectivity index (χ4n) is 2.82. The van der Waals surface area contributed by atoms with Crippen molar-refractivity contribution in [1.82, 2.24) is 0 Å². The summed E-state index contributed by atoms with van der Waals surface area (Å²) in [6.07, 6.45) is 3.45. The number of nitrogens with two attached hydrogens (primary N) is 1. The maximum absolute atomic E-state index is 6.28. The van der Waals surface area contributed by atoms with Gasteiger partial charge >= 0.3 is 0 Å². The second kappa shape index (κ2) is 3.64. The Balaban J connectivity index is 1.96. The summed E-state index contributed by atoms with van der Waals surface area (Å²) in [6.45, 7) is 2.19. The maximum Gasteiger partial charge on any atom is 0.125 e. The monoisotopic (exact) mass is 233 g/mol. The Hall–Kier alpha value is -1.22. The van der Waals surface area contributed by atoms with E-state index in [4.69, 9.17) is 15.2 Å². The van der Waals surface area contributed by atoms with Gasteiger partial charge in [0.15, 0.2) is 0 Å². The largest absolute Gasteiger partial charge is 0.497 e. The average molecular weight is 233 g/mol. The quantitative estimate of drug-likeness (QED) is 0.854. The van der Waals surface area contributed by atoms with Crippen molar-refractivity contribution < 1.29 is 9.47 Å². The van der Waals surface area contributed by atoms with Crippen LogP contribution in [0.25, 0.3) is 0 Å².